The minimum atomic E-state index is 0.0835. The molecule has 1 saturated heterocycles. The molecule has 1 heterocycles. The SMILES string of the molecule is O=C(C1CCOC1)N(CCCl)C1CCCCC1. The second-order valence-corrected chi connectivity index (χ2v) is 5.45. The first kappa shape index (κ1) is 13.2. The molecule has 0 bridgehead atoms. The van der Waals surface area contributed by atoms with Gasteiger partial charge in [-0.1, -0.05) is 19.3 Å². The molecule has 1 atom stereocenters. The molecule has 1 saturated carbocycles. The van der Waals surface area contributed by atoms with Crippen LogP contribution in [0.15, 0.2) is 0 Å². The van der Waals surface area contributed by atoms with Gasteiger partial charge < -0.3 is 9.64 Å². The fourth-order valence-corrected chi connectivity index (χ4v) is 3.10. The van der Waals surface area contributed by atoms with Crippen molar-refractivity contribution in [2.24, 2.45) is 5.92 Å². The Hall–Kier alpha value is -0.280. The number of carbonyl (C=O) groups is 1. The molecule has 4 heteroatoms. The van der Waals surface area contributed by atoms with Crippen molar-refractivity contribution in [3.05, 3.63) is 0 Å². The van der Waals surface area contributed by atoms with E-state index in [1.165, 1.54) is 19.3 Å². The van der Waals surface area contributed by atoms with E-state index in [9.17, 15) is 4.79 Å². The third-order valence-electron chi connectivity index (χ3n) is 3.90. The zero-order valence-corrected chi connectivity index (χ0v) is 11.1. The summed E-state index contributed by atoms with van der Waals surface area (Å²) in [7, 11) is 0. The van der Waals surface area contributed by atoms with Crippen LogP contribution in [0, 0.1) is 5.92 Å². The van der Waals surface area contributed by atoms with Crippen molar-refractivity contribution in [2.75, 3.05) is 25.6 Å². The molecule has 3 nitrogen and oxygen atoms in total. The Balaban J connectivity index is 1.96. The monoisotopic (exact) mass is 259 g/mol. The minimum absolute atomic E-state index is 0.0835. The van der Waals surface area contributed by atoms with Crippen LogP contribution in [0.1, 0.15) is 38.5 Å². The van der Waals surface area contributed by atoms with Gasteiger partial charge in [-0.25, -0.2) is 0 Å². The van der Waals surface area contributed by atoms with Gasteiger partial charge in [-0.05, 0) is 19.3 Å². The lowest BCUT2D eigenvalue weighted by Gasteiger charge is -2.35. The van der Waals surface area contributed by atoms with E-state index in [4.69, 9.17) is 16.3 Å². The van der Waals surface area contributed by atoms with Gasteiger partial charge in [-0.2, -0.15) is 0 Å². The Morgan fingerprint density at radius 2 is 2.00 bits per heavy atom. The molecule has 2 aliphatic rings. The summed E-state index contributed by atoms with van der Waals surface area (Å²) >= 11 is 5.84. The van der Waals surface area contributed by atoms with E-state index in [1.54, 1.807) is 0 Å². The maximum absolute atomic E-state index is 12.4. The lowest BCUT2D eigenvalue weighted by molar-refractivity contribution is -0.138. The zero-order chi connectivity index (χ0) is 12.1. The molecule has 2 rings (SSSR count). The average Bonchev–Trinajstić information content (AvgIpc) is 2.90. The van der Waals surface area contributed by atoms with Gasteiger partial charge in [-0.3, -0.25) is 4.79 Å². The minimum Gasteiger partial charge on any atom is -0.381 e. The van der Waals surface area contributed by atoms with Gasteiger partial charge in [0.2, 0.25) is 5.91 Å². The molecule has 98 valence electrons. The number of carbonyl (C=O) groups excluding carboxylic acids is 1. The zero-order valence-electron chi connectivity index (χ0n) is 10.4. The van der Waals surface area contributed by atoms with Crippen molar-refractivity contribution in [3.8, 4) is 0 Å². The standard InChI is InChI=1S/C13H22ClNO2/c14-7-8-15(12-4-2-1-3-5-12)13(16)11-6-9-17-10-11/h11-12H,1-10H2. The van der Waals surface area contributed by atoms with E-state index in [2.05, 4.69) is 0 Å². The number of alkyl halides is 1. The third-order valence-corrected chi connectivity index (χ3v) is 4.07. The van der Waals surface area contributed by atoms with Crippen molar-refractivity contribution >= 4 is 17.5 Å². The molecule has 0 spiro atoms. The van der Waals surface area contributed by atoms with Crippen molar-refractivity contribution in [3.63, 3.8) is 0 Å². The highest BCUT2D eigenvalue weighted by Gasteiger charge is 2.32. The number of halogens is 1. The first-order chi connectivity index (χ1) is 8.33. The van der Waals surface area contributed by atoms with Gasteiger partial charge >= 0.3 is 0 Å². The predicted octanol–water partition coefficient (Wildman–Crippen LogP) is 2.42. The summed E-state index contributed by atoms with van der Waals surface area (Å²) in [4.78, 5) is 14.5. The van der Waals surface area contributed by atoms with E-state index in [0.29, 0.717) is 25.1 Å². The maximum atomic E-state index is 12.4. The lowest BCUT2D eigenvalue weighted by Crippen LogP contribution is -2.45. The van der Waals surface area contributed by atoms with Crippen LogP contribution in [-0.2, 0) is 9.53 Å². The molecule has 1 aliphatic heterocycles. The summed E-state index contributed by atoms with van der Waals surface area (Å²) in [6, 6.07) is 0.426. The number of hydrogen-bond acceptors (Lipinski definition) is 2. The topological polar surface area (TPSA) is 29.5 Å². The number of nitrogens with zero attached hydrogens (tertiary/aromatic N) is 1. The molecule has 17 heavy (non-hydrogen) atoms. The second kappa shape index (κ2) is 6.60. The number of rotatable bonds is 4. The molecule has 1 aliphatic carbocycles. The van der Waals surface area contributed by atoms with Crippen molar-refractivity contribution in [1.29, 1.82) is 0 Å². The summed E-state index contributed by atoms with van der Waals surface area (Å²) in [5, 5.41) is 0. The van der Waals surface area contributed by atoms with Gasteiger partial charge in [0.05, 0.1) is 12.5 Å². The molecule has 0 aromatic carbocycles. The highest BCUT2D eigenvalue weighted by atomic mass is 35.5. The molecular formula is C13H22ClNO2. The predicted molar refractivity (Wildman–Crippen MR) is 68.2 cm³/mol. The first-order valence-electron chi connectivity index (χ1n) is 6.77. The number of ether oxygens (including phenoxy) is 1. The van der Waals surface area contributed by atoms with Gasteiger partial charge in [-0.15, -0.1) is 11.6 Å². The van der Waals surface area contributed by atoms with Crippen LogP contribution in [0.4, 0.5) is 0 Å². The highest BCUT2D eigenvalue weighted by Crippen LogP contribution is 2.25. The van der Waals surface area contributed by atoms with Crippen LogP contribution >= 0.6 is 11.6 Å². The fourth-order valence-electron chi connectivity index (χ4n) is 2.92. The van der Waals surface area contributed by atoms with Crippen LogP contribution in [0.5, 0.6) is 0 Å². The van der Waals surface area contributed by atoms with Crippen molar-refractivity contribution < 1.29 is 9.53 Å². The van der Waals surface area contributed by atoms with Crippen LogP contribution < -0.4 is 0 Å². The Morgan fingerprint density at radius 3 is 2.59 bits per heavy atom. The third kappa shape index (κ3) is 3.35. The van der Waals surface area contributed by atoms with E-state index in [1.807, 2.05) is 4.90 Å². The first-order valence-corrected chi connectivity index (χ1v) is 7.30. The normalized spacial score (nSPS) is 26.1. The molecule has 1 amide bonds. The average molecular weight is 260 g/mol. The maximum Gasteiger partial charge on any atom is 0.228 e. The largest absolute Gasteiger partial charge is 0.381 e. The fraction of sp³-hybridized carbons (Fsp3) is 0.923. The molecule has 0 N–H and O–H groups in total. The van der Waals surface area contributed by atoms with E-state index in [0.717, 1.165) is 25.9 Å². The number of amides is 1. The summed E-state index contributed by atoms with van der Waals surface area (Å²) in [6.45, 7) is 2.03. The molecule has 0 aromatic heterocycles. The smallest absolute Gasteiger partial charge is 0.228 e. The summed E-state index contributed by atoms with van der Waals surface area (Å²) in [6.07, 6.45) is 6.98. The lowest BCUT2D eigenvalue weighted by atomic mass is 9.93. The Bertz CT molecular complexity index is 248. The van der Waals surface area contributed by atoms with E-state index < -0.39 is 0 Å². The Kier molecular flexibility index (Phi) is 5.11. The molecule has 0 radical (unpaired) electrons. The van der Waals surface area contributed by atoms with Crippen LogP contribution in [0.3, 0.4) is 0 Å². The van der Waals surface area contributed by atoms with Crippen LogP contribution in [0.2, 0.25) is 0 Å². The van der Waals surface area contributed by atoms with Crippen LogP contribution in [-0.4, -0.2) is 42.5 Å². The molecular weight excluding hydrogens is 238 g/mol. The van der Waals surface area contributed by atoms with Gasteiger partial charge in [0, 0.05) is 25.1 Å². The summed E-state index contributed by atoms with van der Waals surface area (Å²) in [5.74, 6) is 0.894. The summed E-state index contributed by atoms with van der Waals surface area (Å²) in [5.41, 5.74) is 0. The van der Waals surface area contributed by atoms with Crippen LogP contribution in [0.25, 0.3) is 0 Å². The van der Waals surface area contributed by atoms with E-state index in [-0.39, 0.29) is 11.8 Å². The Morgan fingerprint density at radius 1 is 1.24 bits per heavy atom. The molecule has 2 fully saturated rings. The van der Waals surface area contributed by atoms with E-state index >= 15 is 0 Å². The van der Waals surface area contributed by atoms with Gasteiger partial charge in [0.15, 0.2) is 0 Å². The number of hydrogen-bond donors (Lipinski definition) is 0. The molecule has 1 unspecified atom stereocenters. The van der Waals surface area contributed by atoms with Crippen molar-refractivity contribution in [2.45, 2.75) is 44.6 Å². The molecule has 0 aromatic rings. The summed E-state index contributed by atoms with van der Waals surface area (Å²) < 4.78 is 5.31. The van der Waals surface area contributed by atoms with Gasteiger partial charge in [0.25, 0.3) is 0 Å². The Labute approximate surface area is 108 Å². The van der Waals surface area contributed by atoms with Crippen molar-refractivity contribution in [1.82, 2.24) is 4.90 Å². The quantitative estimate of drug-likeness (QED) is 0.726. The highest BCUT2D eigenvalue weighted by molar-refractivity contribution is 6.18. The second-order valence-electron chi connectivity index (χ2n) is 5.07. The van der Waals surface area contributed by atoms with Gasteiger partial charge in [0.1, 0.15) is 0 Å².